The lowest BCUT2D eigenvalue weighted by molar-refractivity contribution is -0.140. The number of ether oxygens (including phenoxy) is 1. The second-order valence-electron chi connectivity index (χ2n) is 5.86. The number of carbonyl (C=O) groups excluding carboxylic acids is 1. The van der Waals surface area contributed by atoms with Crippen molar-refractivity contribution < 1.29 is 36.2 Å². The Morgan fingerprint density at radius 2 is 1.89 bits per heavy atom. The molecular formula is C16H15F3N2O5S. The van der Waals surface area contributed by atoms with E-state index < -0.39 is 39.2 Å². The summed E-state index contributed by atoms with van der Waals surface area (Å²) in [7, 11) is -1.94. The van der Waals surface area contributed by atoms with Crippen LogP contribution in [-0.4, -0.2) is 42.0 Å². The van der Waals surface area contributed by atoms with E-state index in [1.807, 2.05) is 0 Å². The molecule has 1 aromatic carbocycles. The first-order chi connectivity index (χ1) is 12.4. The van der Waals surface area contributed by atoms with Crippen molar-refractivity contribution >= 4 is 32.7 Å². The number of esters is 1. The van der Waals surface area contributed by atoms with E-state index >= 15 is 0 Å². The number of aliphatic hydroxyl groups is 1. The van der Waals surface area contributed by atoms with Crippen molar-refractivity contribution in [2.24, 2.45) is 7.05 Å². The minimum Gasteiger partial charge on any atom is -0.504 e. The largest absolute Gasteiger partial charge is 0.504 e. The third kappa shape index (κ3) is 2.64. The average Bonchev–Trinajstić information content (AvgIpc) is 2.86. The summed E-state index contributed by atoms with van der Waals surface area (Å²) in [5.74, 6) is -1.75. The Hall–Kier alpha value is -2.69. The summed E-state index contributed by atoms with van der Waals surface area (Å²) in [4.78, 5) is 11.8. The van der Waals surface area contributed by atoms with Gasteiger partial charge in [-0.1, -0.05) is 6.07 Å². The topological polar surface area (TPSA) is 88.8 Å². The number of halogens is 3. The zero-order valence-corrected chi connectivity index (χ0v) is 15.3. The quantitative estimate of drug-likeness (QED) is 0.778. The lowest BCUT2D eigenvalue weighted by Gasteiger charge is -2.27. The van der Waals surface area contributed by atoms with Gasteiger partial charge in [0.2, 0.25) is 0 Å². The van der Waals surface area contributed by atoms with Gasteiger partial charge in [0.1, 0.15) is 10.6 Å². The molecule has 0 amide bonds. The number of nitrogens with zero attached hydrogens (tertiary/aromatic N) is 2. The molecule has 0 saturated heterocycles. The Labute approximate surface area is 152 Å². The van der Waals surface area contributed by atoms with Gasteiger partial charge in [-0.3, -0.25) is 4.31 Å². The summed E-state index contributed by atoms with van der Waals surface area (Å²) >= 11 is 0. The van der Waals surface area contributed by atoms with Gasteiger partial charge in [0.05, 0.1) is 17.7 Å². The van der Waals surface area contributed by atoms with Crippen LogP contribution in [-0.2, 0) is 32.8 Å². The number of aryl methyl sites for hydroxylation is 1. The van der Waals surface area contributed by atoms with E-state index in [1.54, 1.807) is 0 Å². The van der Waals surface area contributed by atoms with Crippen molar-refractivity contribution in [1.29, 1.82) is 0 Å². The summed E-state index contributed by atoms with van der Waals surface area (Å²) in [6.45, 7) is 1.45. The number of alkyl halides is 3. The minimum atomic E-state index is -4.62. The number of hydrogen-bond donors (Lipinski definition) is 1. The third-order valence-electron chi connectivity index (χ3n) is 4.33. The van der Waals surface area contributed by atoms with Crippen LogP contribution in [0.4, 0.5) is 13.2 Å². The monoisotopic (exact) mass is 404 g/mol. The number of carbonyl (C=O) groups is 1. The molecule has 0 radical (unpaired) electrons. The lowest BCUT2D eigenvalue weighted by Crippen LogP contribution is -2.36. The Bertz CT molecular complexity index is 1100. The third-order valence-corrected chi connectivity index (χ3v) is 6.17. The van der Waals surface area contributed by atoms with E-state index in [4.69, 9.17) is 4.74 Å². The minimum absolute atomic E-state index is 0.00167. The summed E-state index contributed by atoms with van der Waals surface area (Å²) in [5, 5.41) is 10.6. The second-order valence-corrected chi connectivity index (χ2v) is 7.76. The van der Waals surface area contributed by atoms with Gasteiger partial charge in [-0.05, 0) is 19.1 Å². The highest BCUT2D eigenvalue weighted by Crippen LogP contribution is 2.42. The maximum atomic E-state index is 13.0. The molecule has 0 saturated carbocycles. The van der Waals surface area contributed by atoms with Gasteiger partial charge in [-0.25, -0.2) is 13.2 Å². The number of likely N-dealkylation sites (N-methyl/N-ethyl adjacent to an activating group) is 1. The molecule has 0 atom stereocenters. The smallest absolute Gasteiger partial charge is 0.416 e. The molecule has 0 bridgehead atoms. The van der Waals surface area contributed by atoms with Gasteiger partial charge in [-0.2, -0.15) is 13.2 Å². The zero-order valence-electron chi connectivity index (χ0n) is 14.5. The Kier molecular flexibility index (Phi) is 4.18. The zero-order chi connectivity index (χ0) is 20.3. The highest BCUT2D eigenvalue weighted by Gasteiger charge is 2.43. The number of aliphatic hydroxyl groups excluding tert-OH is 1. The number of rotatable bonds is 2. The highest BCUT2D eigenvalue weighted by molar-refractivity contribution is 7.89. The van der Waals surface area contributed by atoms with E-state index in [0.29, 0.717) is 4.31 Å². The van der Waals surface area contributed by atoms with Crippen LogP contribution in [0.25, 0.3) is 16.7 Å². The first kappa shape index (κ1) is 19.1. The van der Waals surface area contributed by atoms with E-state index in [9.17, 15) is 31.5 Å². The molecule has 1 aliphatic rings. The van der Waals surface area contributed by atoms with Crippen LogP contribution in [0.3, 0.4) is 0 Å². The van der Waals surface area contributed by atoms with Crippen LogP contribution in [0.15, 0.2) is 28.8 Å². The molecule has 11 heteroatoms. The molecule has 0 unspecified atom stereocenters. The molecule has 27 heavy (non-hydrogen) atoms. The van der Waals surface area contributed by atoms with Gasteiger partial charge in [-0.15, -0.1) is 0 Å². The maximum absolute atomic E-state index is 13.0. The summed E-state index contributed by atoms with van der Waals surface area (Å²) < 4.78 is 71.4. The molecular weight excluding hydrogens is 389 g/mol. The number of sulfonamides is 1. The molecule has 146 valence electrons. The second kappa shape index (κ2) is 5.91. The van der Waals surface area contributed by atoms with E-state index in [-0.39, 0.29) is 28.1 Å². The Balaban J connectivity index is 2.42. The standard InChI is InChI=1S/C16H15F3N2O5S/c1-4-26-15(23)12-13(22)11-14(27(24,25)21(12)3)9-6-5-8(16(17,18)19)7-10(9)20(11)2/h5-7,22H,4H2,1-3H3. The fourth-order valence-corrected chi connectivity index (χ4v) is 4.65. The van der Waals surface area contributed by atoms with Crippen LogP contribution < -0.4 is 0 Å². The van der Waals surface area contributed by atoms with Crippen molar-refractivity contribution in [2.75, 3.05) is 13.7 Å². The molecule has 2 heterocycles. The van der Waals surface area contributed by atoms with Crippen LogP contribution in [0.1, 0.15) is 18.2 Å². The van der Waals surface area contributed by atoms with Crippen molar-refractivity contribution in [3.8, 4) is 0 Å². The normalized spacial score (nSPS) is 16.6. The molecule has 1 N–H and O–H groups in total. The predicted octanol–water partition coefficient (Wildman–Crippen LogP) is 2.62. The number of fused-ring (bicyclic) bond motifs is 3. The van der Waals surface area contributed by atoms with Crippen LogP contribution in [0.5, 0.6) is 0 Å². The molecule has 0 spiro atoms. The highest BCUT2D eigenvalue weighted by atomic mass is 32.2. The SMILES string of the molecule is CCOC(=O)C1=C(O)c2c(c3ccc(C(F)(F)F)cc3n2C)S(=O)(=O)N1C. The van der Waals surface area contributed by atoms with E-state index in [0.717, 1.165) is 29.8 Å². The molecule has 1 aliphatic heterocycles. The fraction of sp³-hybridized carbons (Fsp3) is 0.312. The molecule has 7 nitrogen and oxygen atoms in total. The number of benzene rings is 1. The van der Waals surface area contributed by atoms with Crippen molar-refractivity contribution in [3.05, 3.63) is 35.2 Å². The van der Waals surface area contributed by atoms with Crippen LogP contribution >= 0.6 is 0 Å². The molecule has 0 aliphatic carbocycles. The van der Waals surface area contributed by atoms with Crippen LogP contribution in [0, 0.1) is 0 Å². The molecule has 2 aromatic rings. The number of hydrogen-bond acceptors (Lipinski definition) is 5. The summed E-state index contributed by atoms with van der Waals surface area (Å²) in [5.41, 5.74) is -1.90. The molecule has 0 fully saturated rings. The van der Waals surface area contributed by atoms with Crippen LogP contribution in [0.2, 0.25) is 0 Å². The Morgan fingerprint density at radius 3 is 2.44 bits per heavy atom. The Morgan fingerprint density at radius 1 is 1.26 bits per heavy atom. The number of aromatic nitrogens is 1. The van der Waals surface area contributed by atoms with Crippen molar-refractivity contribution in [3.63, 3.8) is 0 Å². The predicted molar refractivity (Wildman–Crippen MR) is 89.1 cm³/mol. The van der Waals surface area contributed by atoms with Gasteiger partial charge < -0.3 is 14.4 Å². The van der Waals surface area contributed by atoms with E-state index in [2.05, 4.69) is 0 Å². The fourth-order valence-electron chi connectivity index (χ4n) is 3.05. The lowest BCUT2D eigenvalue weighted by atomic mass is 10.1. The summed E-state index contributed by atoms with van der Waals surface area (Å²) in [6.07, 6.45) is -4.62. The first-order valence-electron chi connectivity index (χ1n) is 7.72. The van der Waals surface area contributed by atoms with Crippen molar-refractivity contribution in [2.45, 2.75) is 18.0 Å². The molecule has 3 rings (SSSR count). The van der Waals surface area contributed by atoms with Gasteiger partial charge >= 0.3 is 12.1 Å². The van der Waals surface area contributed by atoms with Crippen molar-refractivity contribution in [1.82, 2.24) is 8.87 Å². The van der Waals surface area contributed by atoms with Gasteiger partial charge in [0.25, 0.3) is 10.0 Å². The first-order valence-corrected chi connectivity index (χ1v) is 9.16. The average molecular weight is 404 g/mol. The van der Waals surface area contributed by atoms with Gasteiger partial charge in [0, 0.05) is 19.5 Å². The van der Waals surface area contributed by atoms with Gasteiger partial charge in [0.15, 0.2) is 11.5 Å². The van der Waals surface area contributed by atoms with E-state index in [1.165, 1.54) is 14.0 Å². The molecule has 1 aromatic heterocycles. The summed E-state index contributed by atoms with van der Waals surface area (Å²) in [6, 6.07) is 2.59. The maximum Gasteiger partial charge on any atom is 0.416 e.